The molecule has 0 radical (unpaired) electrons. The van der Waals surface area contributed by atoms with Crippen LogP contribution in [0.3, 0.4) is 0 Å². The average molecular weight is 282 g/mol. The van der Waals surface area contributed by atoms with E-state index >= 15 is 0 Å². The molecule has 0 aliphatic rings. The summed E-state index contributed by atoms with van der Waals surface area (Å²) < 4.78 is 36.6. The van der Waals surface area contributed by atoms with Gasteiger partial charge in [-0.3, -0.25) is 0 Å². The molecule has 0 fully saturated rings. The Balaban J connectivity index is 2.46. The summed E-state index contributed by atoms with van der Waals surface area (Å²) in [4.78, 5) is 11.3. The highest BCUT2D eigenvalue weighted by molar-refractivity contribution is 5.86. The van der Waals surface area contributed by atoms with Gasteiger partial charge in [-0.15, -0.1) is 0 Å². The van der Waals surface area contributed by atoms with Crippen LogP contribution in [0.5, 0.6) is 0 Å². The molecule has 106 valence electrons. The molecular formula is C14H12F2O4. The van der Waals surface area contributed by atoms with Crippen molar-refractivity contribution in [3.05, 3.63) is 59.1 Å². The van der Waals surface area contributed by atoms with Crippen molar-refractivity contribution in [1.29, 1.82) is 0 Å². The van der Waals surface area contributed by atoms with Gasteiger partial charge >= 0.3 is 5.97 Å². The zero-order valence-electron chi connectivity index (χ0n) is 10.8. The molecule has 0 aliphatic carbocycles. The van der Waals surface area contributed by atoms with Crippen molar-refractivity contribution in [3.8, 4) is 0 Å². The minimum absolute atomic E-state index is 0.0950. The molecule has 0 aliphatic heterocycles. The van der Waals surface area contributed by atoms with Gasteiger partial charge in [0.15, 0.2) is 11.6 Å². The quantitative estimate of drug-likeness (QED) is 0.879. The van der Waals surface area contributed by atoms with Gasteiger partial charge in [-0.25, -0.2) is 13.6 Å². The minimum atomic E-state index is -1.92. The van der Waals surface area contributed by atoms with Crippen molar-refractivity contribution < 1.29 is 27.8 Å². The predicted molar refractivity (Wildman–Crippen MR) is 65.1 cm³/mol. The highest BCUT2D eigenvalue weighted by atomic mass is 19.2. The van der Waals surface area contributed by atoms with Gasteiger partial charge in [-0.05, 0) is 25.1 Å². The summed E-state index contributed by atoms with van der Waals surface area (Å²) in [5, 5.41) is 10.4. The third-order valence-corrected chi connectivity index (χ3v) is 2.95. The molecular weight excluding hydrogens is 270 g/mol. The minimum Gasteiger partial charge on any atom is -0.463 e. The zero-order valence-corrected chi connectivity index (χ0v) is 10.8. The largest absolute Gasteiger partial charge is 0.463 e. The number of hydrogen-bond donors (Lipinski definition) is 1. The molecule has 1 aromatic heterocycles. The number of carbonyl (C=O) groups excluding carboxylic acids is 1. The fourth-order valence-corrected chi connectivity index (χ4v) is 1.82. The fourth-order valence-electron chi connectivity index (χ4n) is 1.82. The van der Waals surface area contributed by atoms with Gasteiger partial charge in [-0.1, -0.05) is 12.1 Å². The molecule has 2 rings (SSSR count). The normalized spacial score (nSPS) is 13.8. The molecule has 0 bridgehead atoms. The first-order chi connectivity index (χ1) is 9.37. The van der Waals surface area contributed by atoms with Gasteiger partial charge in [-0.2, -0.15) is 0 Å². The summed E-state index contributed by atoms with van der Waals surface area (Å²) in [6.07, 6.45) is 0. The number of ether oxygens (including phenoxy) is 1. The molecule has 0 amide bonds. The van der Waals surface area contributed by atoms with Crippen LogP contribution in [0.15, 0.2) is 34.7 Å². The maximum atomic E-state index is 13.7. The number of benzene rings is 1. The van der Waals surface area contributed by atoms with Crippen LogP contribution in [0.1, 0.15) is 28.8 Å². The fraction of sp³-hybridized carbons (Fsp3) is 0.214. The number of carbonyl (C=O) groups is 1. The number of esters is 1. The Kier molecular flexibility index (Phi) is 3.59. The van der Waals surface area contributed by atoms with E-state index in [0.717, 1.165) is 6.07 Å². The average Bonchev–Trinajstić information content (AvgIpc) is 2.91. The maximum Gasteiger partial charge on any atom is 0.373 e. The van der Waals surface area contributed by atoms with Crippen LogP contribution in [-0.2, 0) is 10.3 Å². The second-order valence-electron chi connectivity index (χ2n) is 4.33. The Labute approximate surface area is 113 Å². The number of furan rings is 1. The monoisotopic (exact) mass is 282 g/mol. The Morgan fingerprint density at radius 3 is 2.65 bits per heavy atom. The van der Waals surface area contributed by atoms with E-state index < -0.39 is 23.2 Å². The van der Waals surface area contributed by atoms with E-state index in [0.29, 0.717) is 0 Å². The molecule has 4 nitrogen and oxygen atoms in total. The SMILES string of the molecule is COC(=O)c1ccc(C(C)(O)c2cccc(F)c2F)o1. The van der Waals surface area contributed by atoms with Gasteiger partial charge in [0, 0.05) is 5.56 Å². The van der Waals surface area contributed by atoms with Crippen molar-refractivity contribution in [2.45, 2.75) is 12.5 Å². The van der Waals surface area contributed by atoms with E-state index in [4.69, 9.17) is 4.42 Å². The highest BCUT2D eigenvalue weighted by Crippen LogP contribution is 2.32. The molecule has 1 aromatic carbocycles. The first-order valence-corrected chi connectivity index (χ1v) is 5.73. The molecule has 0 spiro atoms. The van der Waals surface area contributed by atoms with Gasteiger partial charge < -0.3 is 14.3 Å². The molecule has 6 heteroatoms. The second kappa shape index (κ2) is 5.05. The van der Waals surface area contributed by atoms with Gasteiger partial charge in [0.25, 0.3) is 0 Å². The highest BCUT2D eigenvalue weighted by Gasteiger charge is 2.34. The summed E-state index contributed by atoms with van der Waals surface area (Å²) >= 11 is 0. The summed E-state index contributed by atoms with van der Waals surface area (Å²) in [7, 11) is 1.18. The molecule has 1 N–H and O–H groups in total. The first-order valence-electron chi connectivity index (χ1n) is 5.73. The van der Waals surface area contributed by atoms with Crippen molar-refractivity contribution in [2.75, 3.05) is 7.11 Å². The van der Waals surface area contributed by atoms with E-state index in [1.165, 1.54) is 38.3 Å². The van der Waals surface area contributed by atoms with Crippen LogP contribution < -0.4 is 0 Å². The first kappa shape index (κ1) is 14.2. The molecule has 20 heavy (non-hydrogen) atoms. The lowest BCUT2D eigenvalue weighted by Gasteiger charge is -2.22. The zero-order chi connectivity index (χ0) is 14.9. The van der Waals surface area contributed by atoms with Crippen molar-refractivity contribution in [3.63, 3.8) is 0 Å². The summed E-state index contributed by atoms with van der Waals surface area (Å²) in [6.45, 7) is 1.24. The Morgan fingerprint density at radius 2 is 2.00 bits per heavy atom. The number of rotatable bonds is 3. The maximum absolute atomic E-state index is 13.7. The van der Waals surface area contributed by atoms with Gasteiger partial charge in [0.05, 0.1) is 7.11 Å². The van der Waals surface area contributed by atoms with Crippen LogP contribution in [0.25, 0.3) is 0 Å². The van der Waals surface area contributed by atoms with E-state index in [1.807, 2.05) is 0 Å². The third-order valence-electron chi connectivity index (χ3n) is 2.95. The smallest absolute Gasteiger partial charge is 0.373 e. The summed E-state index contributed by atoms with van der Waals surface area (Å²) in [6, 6.07) is 6.03. The topological polar surface area (TPSA) is 59.7 Å². The summed E-state index contributed by atoms with van der Waals surface area (Å²) in [5.41, 5.74) is -2.21. The Morgan fingerprint density at radius 1 is 1.30 bits per heavy atom. The lowest BCUT2D eigenvalue weighted by atomic mass is 9.93. The lowest BCUT2D eigenvalue weighted by molar-refractivity contribution is 0.0515. The standard InChI is InChI=1S/C14H12F2O4/c1-14(18,8-4-3-5-9(15)12(8)16)11-7-6-10(20-11)13(17)19-2/h3-7,18H,1-2H3. The van der Waals surface area contributed by atoms with Gasteiger partial charge in [0.2, 0.25) is 5.76 Å². The Bertz CT molecular complexity index is 646. The number of aliphatic hydroxyl groups is 1. The van der Waals surface area contributed by atoms with Crippen molar-refractivity contribution >= 4 is 5.97 Å². The number of hydrogen-bond acceptors (Lipinski definition) is 4. The van der Waals surface area contributed by atoms with E-state index in [1.54, 1.807) is 0 Å². The van der Waals surface area contributed by atoms with Gasteiger partial charge in [0.1, 0.15) is 11.4 Å². The van der Waals surface area contributed by atoms with E-state index in [2.05, 4.69) is 4.74 Å². The molecule has 1 atom stereocenters. The van der Waals surface area contributed by atoms with E-state index in [9.17, 15) is 18.7 Å². The molecule has 0 saturated carbocycles. The van der Waals surface area contributed by atoms with Crippen molar-refractivity contribution in [1.82, 2.24) is 0 Å². The van der Waals surface area contributed by atoms with Crippen molar-refractivity contribution in [2.24, 2.45) is 0 Å². The predicted octanol–water partition coefficient (Wildman–Crippen LogP) is 2.60. The molecule has 1 unspecified atom stereocenters. The van der Waals surface area contributed by atoms with E-state index in [-0.39, 0.29) is 17.1 Å². The second-order valence-corrected chi connectivity index (χ2v) is 4.33. The lowest BCUT2D eigenvalue weighted by Crippen LogP contribution is -2.24. The number of halogens is 2. The molecule has 1 heterocycles. The van der Waals surface area contributed by atoms with Crippen LogP contribution in [-0.4, -0.2) is 18.2 Å². The van der Waals surface area contributed by atoms with Crippen LogP contribution in [0.4, 0.5) is 8.78 Å². The Hall–Kier alpha value is -2.21. The van der Waals surface area contributed by atoms with Crippen LogP contribution >= 0.6 is 0 Å². The molecule has 2 aromatic rings. The van der Waals surface area contributed by atoms with Crippen LogP contribution in [0, 0.1) is 11.6 Å². The third kappa shape index (κ3) is 2.30. The molecule has 0 saturated heterocycles. The summed E-state index contributed by atoms with van der Waals surface area (Å²) in [5.74, 6) is -3.22. The van der Waals surface area contributed by atoms with Crippen LogP contribution in [0.2, 0.25) is 0 Å². The number of methoxy groups -OCH3 is 1.